The number of benzene rings is 1. The van der Waals surface area contributed by atoms with Crippen LogP contribution in [0.15, 0.2) is 35.3 Å². The molecule has 0 radical (unpaired) electrons. The largest absolute Gasteiger partial charge is 0.348 e. The minimum absolute atomic E-state index is 0.310. The Hall–Kier alpha value is -1.97. The summed E-state index contributed by atoms with van der Waals surface area (Å²) in [5, 5.41) is 0.906. The summed E-state index contributed by atoms with van der Waals surface area (Å²) in [7, 11) is 0. The van der Waals surface area contributed by atoms with Crippen LogP contribution in [0, 0.1) is 0 Å². The number of hydrogen-bond acceptors (Lipinski definition) is 3. The highest BCUT2D eigenvalue weighted by Gasteiger charge is 2.02. The zero-order valence-corrected chi connectivity index (χ0v) is 8.09. The molecule has 2 rings (SSSR count). The second kappa shape index (κ2) is 4.04. The van der Waals surface area contributed by atoms with Crippen LogP contribution in [0.25, 0.3) is 10.9 Å². The van der Waals surface area contributed by atoms with Gasteiger partial charge in [-0.3, -0.25) is 4.57 Å². The second-order valence-electron chi connectivity index (χ2n) is 3.21. The summed E-state index contributed by atoms with van der Waals surface area (Å²) in [6.07, 6.45) is 2.68. The molecule has 0 amide bonds. The van der Waals surface area contributed by atoms with Gasteiger partial charge in [0.15, 0.2) is 0 Å². The van der Waals surface area contributed by atoms with E-state index in [9.17, 15) is 9.59 Å². The summed E-state index contributed by atoms with van der Waals surface area (Å²) in [5.41, 5.74) is 0.509. The van der Waals surface area contributed by atoms with Crippen LogP contribution in [0.4, 0.5) is 0 Å². The van der Waals surface area contributed by atoms with Crippen molar-refractivity contribution < 1.29 is 4.79 Å². The third kappa shape index (κ3) is 1.79. The highest BCUT2D eigenvalue weighted by Crippen LogP contribution is 2.09. The number of aromatic nitrogens is 2. The van der Waals surface area contributed by atoms with Crippen LogP contribution in [-0.2, 0) is 11.3 Å². The molecule has 1 aromatic heterocycles. The summed E-state index contributed by atoms with van der Waals surface area (Å²) >= 11 is 0. The number of carbonyl (C=O) groups excluding carboxylic acids is 1. The lowest BCUT2D eigenvalue weighted by Gasteiger charge is -2.06. The van der Waals surface area contributed by atoms with Crippen molar-refractivity contribution in [1.29, 1.82) is 0 Å². The van der Waals surface area contributed by atoms with Crippen molar-refractivity contribution in [3.63, 3.8) is 0 Å². The Balaban J connectivity index is 2.63. The molecule has 4 heteroatoms. The number of aryl methyl sites for hydroxylation is 1. The molecule has 0 atom stereocenters. The molecular formula is C11H10N2O2. The van der Waals surface area contributed by atoms with Crippen molar-refractivity contribution >= 4 is 17.2 Å². The van der Waals surface area contributed by atoms with E-state index in [1.54, 1.807) is 6.20 Å². The lowest BCUT2D eigenvalue weighted by molar-refractivity contribution is -0.108. The molecule has 0 bridgehead atoms. The zero-order valence-electron chi connectivity index (χ0n) is 8.09. The average molecular weight is 202 g/mol. The van der Waals surface area contributed by atoms with Crippen molar-refractivity contribution in [3.8, 4) is 0 Å². The van der Waals surface area contributed by atoms with Crippen LogP contribution in [0.2, 0.25) is 0 Å². The predicted molar refractivity (Wildman–Crippen MR) is 56.7 cm³/mol. The molecule has 4 nitrogen and oxygen atoms in total. The second-order valence-corrected chi connectivity index (χ2v) is 3.21. The van der Waals surface area contributed by atoms with Crippen LogP contribution in [0.3, 0.4) is 0 Å². The average Bonchev–Trinajstić information content (AvgIpc) is 2.28. The Morgan fingerprint density at radius 2 is 2.13 bits per heavy atom. The number of fused-ring (bicyclic) bond motifs is 1. The lowest BCUT2D eigenvalue weighted by Crippen LogP contribution is -2.23. The SMILES string of the molecule is O=CCCn1c(=O)ncc2ccccc21. The fourth-order valence-corrected chi connectivity index (χ4v) is 1.54. The lowest BCUT2D eigenvalue weighted by atomic mass is 10.2. The first kappa shape index (κ1) is 9.58. The van der Waals surface area contributed by atoms with Gasteiger partial charge in [-0.25, -0.2) is 9.78 Å². The van der Waals surface area contributed by atoms with Crippen LogP contribution in [-0.4, -0.2) is 15.8 Å². The fourth-order valence-electron chi connectivity index (χ4n) is 1.54. The molecule has 0 N–H and O–H groups in total. The smallest absolute Gasteiger partial charge is 0.303 e. The van der Waals surface area contributed by atoms with Crippen molar-refractivity contribution in [3.05, 3.63) is 40.9 Å². The monoisotopic (exact) mass is 202 g/mol. The Bertz CT molecular complexity index is 546. The van der Waals surface area contributed by atoms with E-state index in [1.807, 2.05) is 24.3 Å². The summed E-state index contributed by atoms with van der Waals surface area (Å²) in [6.45, 7) is 0.386. The first-order chi connectivity index (χ1) is 7.33. The van der Waals surface area contributed by atoms with Gasteiger partial charge in [-0.15, -0.1) is 0 Å². The van der Waals surface area contributed by atoms with Gasteiger partial charge in [0.05, 0.1) is 5.52 Å². The third-order valence-corrected chi connectivity index (χ3v) is 2.24. The van der Waals surface area contributed by atoms with Crippen LogP contribution in [0.1, 0.15) is 6.42 Å². The van der Waals surface area contributed by atoms with E-state index in [-0.39, 0.29) is 5.69 Å². The normalized spacial score (nSPS) is 10.4. The molecule has 1 heterocycles. The molecule has 0 saturated heterocycles. The van der Waals surface area contributed by atoms with Gasteiger partial charge >= 0.3 is 5.69 Å². The maximum absolute atomic E-state index is 11.5. The zero-order chi connectivity index (χ0) is 10.7. The summed E-state index contributed by atoms with van der Waals surface area (Å²) in [5.74, 6) is 0. The number of para-hydroxylation sites is 1. The van der Waals surface area contributed by atoms with Crippen molar-refractivity contribution in [2.24, 2.45) is 0 Å². The van der Waals surface area contributed by atoms with E-state index in [0.717, 1.165) is 17.2 Å². The molecule has 2 aromatic rings. The molecule has 76 valence electrons. The first-order valence-electron chi connectivity index (χ1n) is 4.71. The molecule has 15 heavy (non-hydrogen) atoms. The van der Waals surface area contributed by atoms with Gasteiger partial charge < -0.3 is 4.79 Å². The van der Waals surface area contributed by atoms with Crippen LogP contribution in [0.5, 0.6) is 0 Å². The number of hydrogen-bond donors (Lipinski definition) is 0. The molecule has 0 saturated carbocycles. The van der Waals surface area contributed by atoms with Gasteiger partial charge in [-0.1, -0.05) is 18.2 Å². The van der Waals surface area contributed by atoms with Crippen molar-refractivity contribution in [2.75, 3.05) is 0 Å². The van der Waals surface area contributed by atoms with E-state index in [4.69, 9.17) is 0 Å². The van der Waals surface area contributed by atoms with E-state index >= 15 is 0 Å². The number of nitrogens with zero attached hydrogens (tertiary/aromatic N) is 2. The molecule has 0 spiro atoms. The van der Waals surface area contributed by atoms with E-state index in [1.165, 1.54) is 4.57 Å². The van der Waals surface area contributed by atoms with Gasteiger partial charge in [0, 0.05) is 24.5 Å². The van der Waals surface area contributed by atoms with Gasteiger partial charge in [0.1, 0.15) is 6.29 Å². The highest BCUT2D eigenvalue weighted by molar-refractivity contribution is 5.77. The van der Waals surface area contributed by atoms with Crippen LogP contribution >= 0.6 is 0 Å². The molecule has 0 fully saturated rings. The quantitative estimate of drug-likeness (QED) is 0.697. The molecule has 1 aromatic carbocycles. The van der Waals surface area contributed by atoms with Crippen molar-refractivity contribution in [2.45, 2.75) is 13.0 Å². The third-order valence-electron chi connectivity index (χ3n) is 2.24. The molecule has 0 aliphatic rings. The van der Waals surface area contributed by atoms with Crippen molar-refractivity contribution in [1.82, 2.24) is 9.55 Å². The first-order valence-corrected chi connectivity index (χ1v) is 4.71. The Morgan fingerprint density at radius 1 is 1.33 bits per heavy atom. The topological polar surface area (TPSA) is 52.0 Å². The summed E-state index contributed by atoms with van der Waals surface area (Å²) in [6, 6.07) is 7.49. The Kier molecular flexibility index (Phi) is 2.58. The van der Waals surface area contributed by atoms with Gasteiger partial charge in [0.25, 0.3) is 0 Å². The highest BCUT2D eigenvalue weighted by atomic mass is 16.1. The van der Waals surface area contributed by atoms with E-state index in [0.29, 0.717) is 13.0 Å². The fraction of sp³-hybridized carbons (Fsp3) is 0.182. The predicted octanol–water partition coefficient (Wildman–Crippen LogP) is 0.985. The Labute approximate surface area is 86.2 Å². The summed E-state index contributed by atoms with van der Waals surface area (Å²) < 4.78 is 1.52. The minimum Gasteiger partial charge on any atom is -0.303 e. The van der Waals surface area contributed by atoms with E-state index < -0.39 is 0 Å². The molecule has 0 aliphatic carbocycles. The Morgan fingerprint density at radius 3 is 2.93 bits per heavy atom. The standard InChI is InChI=1S/C11H10N2O2/c14-7-3-6-13-10-5-2-1-4-9(10)8-12-11(13)15/h1-2,4-5,7-8H,3,6H2. The number of carbonyl (C=O) groups is 1. The maximum atomic E-state index is 11.5. The van der Waals surface area contributed by atoms with E-state index in [2.05, 4.69) is 4.98 Å². The molecular weight excluding hydrogens is 192 g/mol. The molecule has 0 unspecified atom stereocenters. The van der Waals surface area contributed by atoms with Gasteiger partial charge in [0.2, 0.25) is 0 Å². The maximum Gasteiger partial charge on any atom is 0.348 e. The van der Waals surface area contributed by atoms with Gasteiger partial charge in [-0.2, -0.15) is 0 Å². The minimum atomic E-state index is -0.310. The molecule has 0 aliphatic heterocycles. The van der Waals surface area contributed by atoms with Crippen LogP contribution < -0.4 is 5.69 Å². The van der Waals surface area contributed by atoms with Gasteiger partial charge in [-0.05, 0) is 6.07 Å². The summed E-state index contributed by atoms with van der Waals surface area (Å²) in [4.78, 5) is 25.5. The number of aldehydes is 1. The number of rotatable bonds is 3.